The van der Waals surface area contributed by atoms with E-state index >= 15 is 0 Å². The second kappa shape index (κ2) is 4.82. The first-order valence-electron chi connectivity index (χ1n) is 6.86. The zero-order valence-electron chi connectivity index (χ0n) is 11.6. The molecule has 2 aromatic rings. The standard InChI is InChI=1S/C15H18N2O2S/c1-10-5-8-14(13-4-3-9-16-15(10)13)20(18,19)17-11(2)12-6-7-12/h3-5,8-9,11-12,17H,6-7H2,1-2H3. The Hall–Kier alpha value is -1.46. The van der Waals surface area contributed by atoms with Gasteiger partial charge in [0.15, 0.2) is 0 Å². The third kappa shape index (κ3) is 2.43. The molecular weight excluding hydrogens is 272 g/mol. The molecule has 0 aliphatic heterocycles. The van der Waals surface area contributed by atoms with Crippen molar-refractivity contribution >= 4 is 20.9 Å². The Labute approximate surface area is 119 Å². The summed E-state index contributed by atoms with van der Waals surface area (Å²) in [6.07, 6.45) is 3.91. The highest BCUT2D eigenvalue weighted by atomic mass is 32.2. The lowest BCUT2D eigenvalue weighted by Gasteiger charge is -2.15. The van der Waals surface area contributed by atoms with Gasteiger partial charge in [-0.05, 0) is 56.4 Å². The first-order valence-corrected chi connectivity index (χ1v) is 8.34. The summed E-state index contributed by atoms with van der Waals surface area (Å²) in [4.78, 5) is 4.61. The number of fused-ring (bicyclic) bond motifs is 1. The van der Waals surface area contributed by atoms with Gasteiger partial charge >= 0.3 is 0 Å². The SMILES string of the molecule is Cc1ccc(S(=O)(=O)NC(C)C2CC2)c2cccnc12. The van der Waals surface area contributed by atoms with Gasteiger partial charge in [0.1, 0.15) is 0 Å². The van der Waals surface area contributed by atoms with Gasteiger partial charge in [-0.1, -0.05) is 6.07 Å². The van der Waals surface area contributed by atoms with Gasteiger partial charge in [-0.25, -0.2) is 13.1 Å². The van der Waals surface area contributed by atoms with E-state index in [1.165, 1.54) is 0 Å². The molecule has 1 atom stereocenters. The minimum absolute atomic E-state index is 0.00646. The second-order valence-corrected chi connectivity index (χ2v) is 7.21. The van der Waals surface area contributed by atoms with Crippen molar-refractivity contribution < 1.29 is 8.42 Å². The molecule has 4 nitrogen and oxygen atoms in total. The van der Waals surface area contributed by atoms with E-state index in [1.807, 2.05) is 26.0 Å². The van der Waals surface area contributed by atoms with Crippen LogP contribution in [0.2, 0.25) is 0 Å². The second-order valence-electron chi connectivity index (χ2n) is 5.53. The summed E-state index contributed by atoms with van der Waals surface area (Å²) >= 11 is 0. The summed E-state index contributed by atoms with van der Waals surface area (Å²) in [6.45, 7) is 3.87. The van der Waals surface area contributed by atoms with Crippen LogP contribution in [-0.4, -0.2) is 19.4 Å². The smallest absolute Gasteiger partial charge is 0.241 e. The highest BCUT2D eigenvalue weighted by Crippen LogP contribution is 2.33. The monoisotopic (exact) mass is 290 g/mol. The van der Waals surface area contributed by atoms with E-state index in [9.17, 15) is 8.42 Å². The van der Waals surface area contributed by atoms with E-state index < -0.39 is 10.0 Å². The first kappa shape index (κ1) is 13.5. The molecule has 0 saturated heterocycles. The van der Waals surface area contributed by atoms with Gasteiger partial charge in [0, 0.05) is 17.6 Å². The average molecular weight is 290 g/mol. The number of benzene rings is 1. The number of nitrogens with one attached hydrogen (secondary N) is 1. The van der Waals surface area contributed by atoms with Crippen molar-refractivity contribution in [2.45, 2.75) is 37.6 Å². The number of pyridine rings is 1. The largest absolute Gasteiger partial charge is 0.256 e. The highest BCUT2D eigenvalue weighted by Gasteiger charge is 2.31. The van der Waals surface area contributed by atoms with Crippen molar-refractivity contribution in [2.24, 2.45) is 5.92 Å². The Morgan fingerprint density at radius 2 is 2.05 bits per heavy atom. The summed E-state index contributed by atoms with van der Waals surface area (Å²) in [5, 5.41) is 0.683. The van der Waals surface area contributed by atoms with Gasteiger partial charge in [0.25, 0.3) is 0 Å². The highest BCUT2D eigenvalue weighted by molar-refractivity contribution is 7.89. The van der Waals surface area contributed by atoms with Crippen molar-refractivity contribution in [3.63, 3.8) is 0 Å². The molecule has 1 heterocycles. The molecule has 3 rings (SSSR count). The molecule has 1 aliphatic rings. The maximum atomic E-state index is 12.6. The van der Waals surface area contributed by atoms with Crippen LogP contribution in [0.1, 0.15) is 25.3 Å². The van der Waals surface area contributed by atoms with Crippen LogP contribution in [0.3, 0.4) is 0 Å². The summed E-state index contributed by atoms with van der Waals surface area (Å²) < 4.78 is 27.9. The van der Waals surface area contributed by atoms with Crippen molar-refractivity contribution in [3.05, 3.63) is 36.0 Å². The number of sulfonamides is 1. The molecular formula is C15H18N2O2S. The van der Waals surface area contributed by atoms with Crippen molar-refractivity contribution in [1.82, 2.24) is 9.71 Å². The fourth-order valence-corrected chi connectivity index (χ4v) is 4.03. The van der Waals surface area contributed by atoms with Gasteiger partial charge in [-0.3, -0.25) is 4.98 Å². The summed E-state index contributed by atoms with van der Waals surface area (Å²) in [7, 11) is -3.50. The Bertz CT molecular complexity index is 752. The number of hydrogen-bond donors (Lipinski definition) is 1. The topological polar surface area (TPSA) is 59.1 Å². The number of nitrogens with zero attached hydrogens (tertiary/aromatic N) is 1. The zero-order chi connectivity index (χ0) is 14.3. The molecule has 0 bridgehead atoms. The molecule has 1 saturated carbocycles. The van der Waals surface area contributed by atoms with Crippen LogP contribution in [0.5, 0.6) is 0 Å². The minimum Gasteiger partial charge on any atom is -0.256 e. The molecule has 1 fully saturated rings. The number of rotatable bonds is 4. The van der Waals surface area contributed by atoms with Crippen LogP contribution in [0, 0.1) is 12.8 Å². The zero-order valence-corrected chi connectivity index (χ0v) is 12.4. The van der Waals surface area contributed by atoms with Gasteiger partial charge < -0.3 is 0 Å². The van der Waals surface area contributed by atoms with Crippen LogP contribution in [-0.2, 0) is 10.0 Å². The molecule has 1 aromatic heterocycles. The minimum atomic E-state index is -3.50. The summed E-state index contributed by atoms with van der Waals surface area (Å²) in [5.41, 5.74) is 1.73. The van der Waals surface area contributed by atoms with E-state index in [0.29, 0.717) is 16.2 Å². The maximum Gasteiger partial charge on any atom is 0.241 e. The molecule has 1 N–H and O–H groups in total. The lowest BCUT2D eigenvalue weighted by atomic mass is 10.1. The van der Waals surface area contributed by atoms with Gasteiger partial charge in [-0.15, -0.1) is 0 Å². The van der Waals surface area contributed by atoms with Crippen LogP contribution in [0.15, 0.2) is 35.4 Å². The lowest BCUT2D eigenvalue weighted by molar-refractivity contribution is 0.539. The van der Waals surface area contributed by atoms with E-state index in [4.69, 9.17) is 0 Å². The van der Waals surface area contributed by atoms with E-state index in [1.54, 1.807) is 18.3 Å². The first-order chi connectivity index (χ1) is 9.49. The fraction of sp³-hybridized carbons (Fsp3) is 0.400. The predicted octanol–water partition coefficient (Wildman–Crippen LogP) is 2.62. The summed E-state index contributed by atoms with van der Waals surface area (Å²) in [5.74, 6) is 0.486. The number of hydrogen-bond acceptors (Lipinski definition) is 3. The molecule has 1 aromatic carbocycles. The number of aromatic nitrogens is 1. The van der Waals surface area contributed by atoms with Crippen LogP contribution in [0.25, 0.3) is 10.9 Å². The molecule has 0 spiro atoms. The van der Waals surface area contributed by atoms with Crippen LogP contribution in [0.4, 0.5) is 0 Å². The van der Waals surface area contributed by atoms with E-state index in [2.05, 4.69) is 9.71 Å². The Morgan fingerprint density at radius 1 is 1.30 bits per heavy atom. The third-order valence-corrected chi connectivity index (χ3v) is 5.51. The quantitative estimate of drug-likeness (QED) is 0.941. The molecule has 106 valence electrons. The average Bonchev–Trinajstić information content (AvgIpc) is 3.23. The van der Waals surface area contributed by atoms with E-state index in [-0.39, 0.29) is 6.04 Å². The fourth-order valence-electron chi connectivity index (χ4n) is 2.52. The molecule has 0 radical (unpaired) electrons. The molecule has 20 heavy (non-hydrogen) atoms. The molecule has 1 unspecified atom stereocenters. The Morgan fingerprint density at radius 3 is 2.75 bits per heavy atom. The lowest BCUT2D eigenvalue weighted by Crippen LogP contribution is -2.34. The molecule has 1 aliphatic carbocycles. The molecule has 5 heteroatoms. The van der Waals surface area contributed by atoms with Gasteiger partial charge in [-0.2, -0.15) is 0 Å². The number of aryl methyl sites for hydroxylation is 1. The van der Waals surface area contributed by atoms with Crippen LogP contribution < -0.4 is 4.72 Å². The van der Waals surface area contributed by atoms with Crippen molar-refractivity contribution in [1.29, 1.82) is 0 Å². The maximum absolute atomic E-state index is 12.6. The Balaban J connectivity index is 2.07. The van der Waals surface area contributed by atoms with Gasteiger partial charge in [0.2, 0.25) is 10.0 Å². The van der Waals surface area contributed by atoms with Crippen molar-refractivity contribution in [3.8, 4) is 0 Å². The van der Waals surface area contributed by atoms with Gasteiger partial charge in [0.05, 0.1) is 10.4 Å². The summed E-state index contributed by atoms with van der Waals surface area (Å²) in [6, 6.07) is 7.05. The van der Waals surface area contributed by atoms with Crippen molar-refractivity contribution in [2.75, 3.05) is 0 Å². The third-order valence-electron chi connectivity index (χ3n) is 3.89. The predicted molar refractivity (Wildman–Crippen MR) is 79.0 cm³/mol. The van der Waals surface area contributed by atoms with Crippen LogP contribution >= 0.6 is 0 Å². The molecule has 0 amide bonds. The normalized spacial score (nSPS) is 17.3. The van der Waals surface area contributed by atoms with E-state index in [0.717, 1.165) is 23.9 Å². The Kier molecular flexibility index (Phi) is 3.26.